The van der Waals surface area contributed by atoms with E-state index >= 15 is 0 Å². The van der Waals surface area contributed by atoms with Gasteiger partial charge >= 0.3 is 5.69 Å². The first-order valence-corrected chi connectivity index (χ1v) is 5.07. The van der Waals surface area contributed by atoms with Gasteiger partial charge in [-0.05, 0) is 6.92 Å². The summed E-state index contributed by atoms with van der Waals surface area (Å²) in [6.45, 7) is 3.11. The largest absolute Gasteiger partial charge is 0.353 e. The lowest BCUT2D eigenvalue weighted by Gasteiger charge is -2.00. The number of nitrogens with zero attached hydrogens (tertiary/aromatic N) is 2. The molecule has 0 saturated heterocycles. The molecule has 8 heteroatoms. The van der Waals surface area contributed by atoms with Crippen molar-refractivity contribution < 1.29 is 0 Å². The van der Waals surface area contributed by atoms with Crippen LogP contribution in [0.15, 0.2) is 19.7 Å². The predicted molar refractivity (Wildman–Crippen MR) is 63.5 cm³/mol. The van der Waals surface area contributed by atoms with Crippen LogP contribution >= 0.6 is 0 Å². The van der Waals surface area contributed by atoms with Crippen molar-refractivity contribution >= 4 is 12.2 Å². The molecule has 90 valence electrons. The number of aromatic amines is 2. The second-order valence-corrected chi connectivity index (χ2v) is 3.47. The van der Waals surface area contributed by atoms with Gasteiger partial charge in [0.1, 0.15) is 0 Å². The molecule has 0 fully saturated rings. The third-order valence-corrected chi connectivity index (χ3v) is 2.21. The predicted octanol–water partition coefficient (Wildman–Crippen LogP) is -1.75. The summed E-state index contributed by atoms with van der Waals surface area (Å²) in [7, 11) is 0. The maximum absolute atomic E-state index is 11.4. The Kier molecular flexibility index (Phi) is 3.03. The molecule has 0 atom stereocenters. The zero-order valence-corrected chi connectivity index (χ0v) is 9.20. The number of aromatic nitrogens is 2. The average molecular weight is 236 g/mol. The molecule has 1 aromatic rings. The molecule has 0 amide bonds. The number of hydrogen-bond donors (Lipinski definition) is 4. The molecule has 17 heavy (non-hydrogen) atoms. The van der Waals surface area contributed by atoms with Gasteiger partial charge in [0, 0.05) is 12.2 Å². The van der Waals surface area contributed by atoms with E-state index < -0.39 is 11.2 Å². The van der Waals surface area contributed by atoms with Crippen molar-refractivity contribution in [3.8, 4) is 0 Å². The molecule has 2 rings (SSSR count). The van der Waals surface area contributed by atoms with Crippen LogP contribution in [0.5, 0.6) is 0 Å². The fourth-order valence-electron chi connectivity index (χ4n) is 1.40. The van der Waals surface area contributed by atoms with E-state index in [1.165, 1.54) is 6.21 Å². The Balaban J connectivity index is 2.15. The van der Waals surface area contributed by atoms with Crippen LogP contribution in [0.25, 0.3) is 0 Å². The van der Waals surface area contributed by atoms with Crippen LogP contribution < -0.4 is 22.0 Å². The van der Waals surface area contributed by atoms with E-state index in [1.54, 1.807) is 6.92 Å². The van der Waals surface area contributed by atoms with Crippen molar-refractivity contribution in [1.82, 2.24) is 20.7 Å². The molecule has 0 aromatic carbocycles. The highest BCUT2D eigenvalue weighted by atomic mass is 16.2. The van der Waals surface area contributed by atoms with Crippen LogP contribution in [0.4, 0.5) is 0 Å². The Morgan fingerprint density at radius 3 is 2.88 bits per heavy atom. The molecule has 0 bridgehead atoms. The second kappa shape index (κ2) is 4.64. The van der Waals surface area contributed by atoms with Gasteiger partial charge in [-0.15, -0.1) is 0 Å². The highest BCUT2D eigenvalue weighted by molar-refractivity contribution is 5.84. The Bertz CT molecular complexity index is 582. The van der Waals surface area contributed by atoms with E-state index in [4.69, 9.17) is 0 Å². The Hall–Kier alpha value is -2.38. The molecular weight excluding hydrogens is 224 g/mol. The zero-order valence-electron chi connectivity index (χ0n) is 9.20. The minimum absolute atomic E-state index is 0.302. The smallest absolute Gasteiger partial charge is 0.325 e. The molecule has 0 radical (unpaired) electrons. The monoisotopic (exact) mass is 236 g/mol. The topological polar surface area (TPSA) is 114 Å². The highest BCUT2D eigenvalue weighted by Crippen LogP contribution is 1.89. The molecular formula is C9H12N6O2. The minimum atomic E-state index is -0.528. The average Bonchev–Trinajstić information content (AvgIpc) is 2.74. The van der Waals surface area contributed by atoms with Crippen molar-refractivity contribution in [2.24, 2.45) is 10.1 Å². The van der Waals surface area contributed by atoms with Gasteiger partial charge in [-0.1, -0.05) is 0 Å². The third kappa shape index (κ3) is 2.60. The maximum atomic E-state index is 11.4. The molecule has 0 aliphatic carbocycles. The van der Waals surface area contributed by atoms with Gasteiger partial charge in [0.25, 0.3) is 5.56 Å². The van der Waals surface area contributed by atoms with Crippen LogP contribution in [0, 0.1) is 6.92 Å². The van der Waals surface area contributed by atoms with Crippen LogP contribution in [-0.2, 0) is 0 Å². The van der Waals surface area contributed by atoms with Crippen molar-refractivity contribution in [3.05, 3.63) is 32.1 Å². The fourth-order valence-corrected chi connectivity index (χ4v) is 1.40. The van der Waals surface area contributed by atoms with Crippen molar-refractivity contribution in [3.63, 3.8) is 0 Å². The first kappa shape index (κ1) is 11.1. The molecule has 4 N–H and O–H groups in total. The number of guanidine groups is 1. The minimum Gasteiger partial charge on any atom is -0.353 e. The highest BCUT2D eigenvalue weighted by Gasteiger charge is 2.04. The van der Waals surface area contributed by atoms with Crippen molar-refractivity contribution in [2.45, 2.75) is 6.92 Å². The number of H-pyrrole nitrogens is 2. The number of aryl methyl sites for hydroxylation is 1. The normalized spacial score (nSPS) is 14.8. The molecule has 0 spiro atoms. The summed E-state index contributed by atoms with van der Waals surface area (Å²) in [5.41, 5.74) is 2.43. The Morgan fingerprint density at radius 1 is 1.41 bits per heavy atom. The van der Waals surface area contributed by atoms with Gasteiger partial charge in [-0.2, -0.15) is 5.10 Å². The standard InChI is InChI=1S/C9H12N6O2/c1-5-6(7(16)14-9(17)13-5)4-12-15-8-10-2-3-11-8/h4H,2-3H2,1H3,(H2,10,11,15)(H2,13,14,16,17)/b12-4-. The van der Waals surface area contributed by atoms with E-state index in [-0.39, 0.29) is 0 Å². The SMILES string of the molecule is Cc1[nH]c(=O)[nH]c(=O)c1/C=N\NC1=NCCN1. The van der Waals surface area contributed by atoms with E-state index in [1.807, 2.05) is 0 Å². The summed E-state index contributed by atoms with van der Waals surface area (Å²) in [4.78, 5) is 31.1. The molecule has 2 heterocycles. The number of aliphatic imine (C=N–C) groups is 1. The lowest BCUT2D eigenvalue weighted by molar-refractivity contribution is 0.918. The lowest BCUT2D eigenvalue weighted by atomic mass is 10.2. The van der Waals surface area contributed by atoms with Gasteiger partial charge in [0.2, 0.25) is 5.96 Å². The van der Waals surface area contributed by atoms with Crippen LogP contribution in [0.1, 0.15) is 11.3 Å². The van der Waals surface area contributed by atoms with Crippen molar-refractivity contribution in [2.75, 3.05) is 13.1 Å². The van der Waals surface area contributed by atoms with Gasteiger partial charge < -0.3 is 10.3 Å². The first-order valence-electron chi connectivity index (χ1n) is 5.07. The summed E-state index contributed by atoms with van der Waals surface area (Å²) in [5, 5.41) is 6.83. The molecule has 8 nitrogen and oxygen atoms in total. The summed E-state index contributed by atoms with van der Waals surface area (Å²) in [5.74, 6) is 0.569. The molecule has 0 saturated carbocycles. The third-order valence-electron chi connectivity index (χ3n) is 2.21. The van der Waals surface area contributed by atoms with E-state index in [0.29, 0.717) is 23.8 Å². The van der Waals surface area contributed by atoms with Gasteiger partial charge in [0.05, 0.1) is 18.3 Å². The lowest BCUT2D eigenvalue weighted by Crippen LogP contribution is -2.31. The Labute approximate surface area is 95.9 Å². The van der Waals surface area contributed by atoms with E-state index in [0.717, 1.165) is 6.54 Å². The summed E-state index contributed by atoms with van der Waals surface area (Å²) >= 11 is 0. The number of nitrogens with one attached hydrogen (secondary N) is 4. The molecule has 0 unspecified atom stereocenters. The Morgan fingerprint density at radius 2 is 2.24 bits per heavy atom. The number of hydrogen-bond acceptors (Lipinski definition) is 6. The summed E-state index contributed by atoms with van der Waals surface area (Å²) in [6.07, 6.45) is 1.34. The number of hydrazone groups is 1. The van der Waals surface area contributed by atoms with Gasteiger partial charge in [-0.25, -0.2) is 15.2 Å². The van der Waals surface area contributed by atoms with E-state index in [9.17, 15) is 9.59 Å². The molecule has 1 aliphatic rings. The summed E-state index contributed by atoms with van der Waals surface area (Å²) in [6, 6.07) is 0. The van der Waals surface area contributed by atoms with Gasteiger partial charge in [0.15, 0.2) is 0 Å². The van der Waals surface area contributed by atoms with Gasteiger partial charge in [-0.3, -0.25) is 9.78 Å². The maximum Gasteiger partial charge on any atom is 0.325 e. The van der Waals surface area contributed by atoms with Crippen LogP contribution in [0.3, 0.4) is 0 Å². The molecule has 1 aliphatic heterocycles. The molecule has 1 aromatic heterocycles. The van der Waals surface area contributed by atoms with Crippen molar-refractivity contribution in [1.29, 1.82) is 0 Å². The van der Waals surface area contributed by atoms with E-state index in [2.05, 4.69) is 30.8 Å². The quantitative estimate of drug-likeness (QED) is 0.360. The number of rotatable bonds is 2. The zero-order chi connectivity index (χ0) is 12.3. The summed E-state index contributed by atoms with van der Waals surface area (Å²) < 4.78 is 0. The fraction of sp³-hybridized carbons (Fsp3) is 0.333. The second-order valence-electron chi connectivity index (χ2n) is 3.47. The van der Waals surface area contributed by atoms with Crippen LogP contribution in [-0.4, -0.2) is 35.2 Å². The van der Waals surface area contributed by atoms with Crippen LogP contribution in [0.2, 0.25) is 0 Å². The first-order chi connectivity index (χ1) is 8.16.